The summed E-state index contributed by atoms with van der Waals surface area (Å²) in [6.07, 6.45) is 21.3. The standard InChI is InChI=1S/C22H36B2O2/c1-25-23-13-19-7-17(8-20(11-19)14-23)5-3-4-6-18-9-21-12-22(10-18)16-24(15-21)26-2/h7,9,19-22H,3-6,8,10-16H2,1-2H3/t19-,20+,21-,22+/m1/s1. The van der Waals surface area contributed by atoms with Crippen LogP contribution in [0.1, 0.15) is 51.4 Å². The molecule has 4 bridgehead atoms. The van der Waals surface area contributed by atoms with Gasteiger partial charge in [0, 0.05) is 14.2 Å². The zero-order chi connectivity index (χ0) is 17.9. The minimum absolute atomic E-state index is 0.520. The van der Waals surface area contributed by atoms with E-state index in [-0.39, 0.29) is 0 Å². The van der Waals surface area contributed by atoms with Gasteiger partial charge in [-0.3, -0.25) is 0 Å². The Balaban J connectivity index is 1.20. The lowest BCUT2D eigenvalue weighted by Crippen LogP contribution is -2.32. The van der Waals surface area contributed by atoms with Crippen molar-refractivity contribution in [3.8, 4) is 0 Å². The van der Waals surface area contributed by atoms with Gasteiger partial charge in [0.15, 0.2) is 0 Å². The molecule has 2 nitrogen and oxygen atoms in total. The molecule has 0 aromatic carbocycles. The Hall–Kier alpha value is -0.470. The SMILES string of the molecule is COB1C[C@@H]2C=C(CCCCC3=C[C@H]4CB(OC)C[C@@H](C3)C4)C[C@H](C1)C2. The third-order valence-corrected chi connectivity index (χ3v) is 7.55. The number of rotatable bonds is 7. The topological polar surface area (TPSA) is 18.5 Å². The molecule has 2 heterocycles. The second-order valence-corrected chi connectivity index (χ2v) is 9.65. The van der Waals surface area contributed by atoms with Crippen molar-refractivity contribution in [1.82, 2.24) is 0 Å². The fraction of sp³-hybridized carbons (Fsp3) is 0.818. The molecular formula is C22H36B2O2. The molecule has 0 radical (unpaired) electrons. The molecule has 0 amide bonds. The summed E-state index contributed by atoms with van der Waals surface area (Å²) in [4.78, 5) is 0. The first kappa shape index (κ1) is 18.9. The number of hydrogen-bond donors (Lipinski definition) is 0. The van der Waals surface area contributed by atoms with Crippen LogP contribution in [0.3, 0.4) is 0 Å². The number of hydrogen-bond acceptors (Lipinski definition) is 2. The van der Waals surface area contributed by atoms with Crippen LogP contribution in [0.25, 0.3) is 0 Å². The second kappa shape index (κ2) is 8.69. The summed E-state index contributed by atoms with van der Waals surface area (Å²) in [5, 5.41) is 0. The van der Waals surface area contributed by atoms with Gasteiger partial charge in [-0.2, -0.15) is 0 Å². The second-order valence-electron chi connectivity index (χ2n) is 9.65. The van der Waals surface area contributed by atoms with Crippen molar-refractivity contribution in [2.45, 2.75) is 76.6 Å². The number of fused-ring (bicyclic) bond motifs is 4. The van der Waals surface area contributed by atoms with E-state index in [4.69, 9.17) is 9.31 Å². The predicted octanol–water partition coefficient (Wildman–Crippen LogP) is 5.76. The summed E-state index contributed by atoms with van der Waals surface area (Å²) >= 11 is 0. The van der Waals surface area contributed by atoms with E-state index >= 15 is 0 Å². The van der Waals surface area contributed by atoms with Crippen molar-refractivity contribution in [1.29, 1.82) is 0 Å². The van der Waals surface area contributed by atoms with Crippen molar-refractivity contribution in [3.05, 3.63) is 23.3 Å². The Labute approximate surface area is 161 Å². The number of allylic oxidation sites excluding steroid dienone is 4. The van der Waals surface area contributed by atoms with E-state index in [1.54, 1.807) is 11.1 Å². The Morgan fingerprint density at radius 3 is 1.62 bits per heavy atom. The van der Waals surface area contributed by atoms with E-state index in [9.17, 15) is 0 Å². The Bertz CT molecular complexity index is 496. The molecule has 2 fully saturated rings. The van der Waals surface area contributed by atoms with Crippen LogP contribution in [0.2, 0.25) is 25.3 Å². The van der Waals surface area contributed by atoms with E-state index < -0.39 is 0 Å². The molecule has 0 aromatic heterocycles. The lowest BCUT2D eigenvalue weighted by Gasteiger charge is -2.36. The number of unbranched alkanes of at least 4 members (excludes halogenated alkanes) is 1. The highest BCUT2D eigenvalue weighted by Crippen LogP contribution is 2.42. The van der Waals surface area contributed by atoms with E-state index in [1.165, 1.54) is 76.6 Å². The van der Waals surface area contributed by atoms with Crippen molar-refractivity contribution in [3.63, 3.8) is 0 Å². The van der Waals surface area contributed by atoms with Gasteiger partial charge in [-0.25, -0.2) is 0 Å². The van der Waals surface area contributed by atoms with Crippen molar-refractivity contribution in [2.24, 2.45) is 23.7 Å². The summed E-state index contributed by atoms with van der Waals surface area (Å²) < 4.78 is 11.3. The smallest absolute Gasteiger partial charge is 0.293 e. The van der Waals surface area contributed by atoms with Crippen LogP contribution in [0, 0.1) is 23.7 Å². The molecule has 142 valence electrons. The van der Waals surface area contributed by atoms with Crippen molar-refractivity contribution >= 4 is 13.8 Å². The molecule has 0 unspecified atom stereocenters. The predicted molar refractivity (Wildman–Crippen MR) is 112 cm³/mol. The molecule has 4 heteroatoms. The lowest BCUT2D eigenvalue weighted by molar-refractivity contribution is 0.335. The van der Waals surface area contributed by atoms with Gasteiger partial charge in [0.2, 0.25) is 0 Å². The molecule has 2 saturated heterocycles. The van der Waals surface area contributed by atoms with Gasteiger partial charge in [0.05, 0.1) is 0 Å². The van der Waals surface area contributed by atoms with Gasteiger partial charge >= 0.3 is 0 Å². The molecule has 26 heavy (non-hydrogen) atoms. The largest absolute Gasteiger partial charge is 0.438 e. The van der Waals surface area contributed by atoms with Crippen LogP contribution in [0.4, 0.5) is 0 Å². The van der Waals surface area contributed by atoms with Crippen molar-refractivity contribution < 1.29 is 9.31 Å². The van der Waals surface area contributed by atoms with Crippen LogP contribution >= 0.6 is 0 Å². The Morgan fingerprint density at radius 1 is 0.769 bits per heavy atom. The van der Waals surface area contributed by atoms with Crippen LogP contribution < -0.4 is 0 Å². The zero-order valence-corrected chi connectivity index (χ0v) is 16.9. The Kier molecular flexibility index (Phi) is 6.31. The molecule has 2 aliphatic carbocycles. The van der Waals surface area contributed by atoms with Gasteiger partial charge in [-0.1, -0.05) is 23.3 Å². The summed E-state index contributed by atoms with van der Waals surface area (Å²) in [5.74, 6) is 3.40. The van der Waals surface area contributed by atoms with E-state index in [1.807, 2.05) is 14.2 Å². The molecule has 0 aromatic rings. The summed E-state index contributed by atoms with van der Waals surface area (Å²) in [7, 11) is 3.78. The van der Waals surface area contributed by atoms with E-state index in [0.29, 0.717) is 13.8 Å². The maximum absolute atomic E-state index is 5.63. The summed E-state index contributed by atoms with van der Waals surface area (Å²) in [6.45, 7) is 1.04. The fourth-order valence-electron chi connectivity index (χ4n) is 6.46. The first-order chi connectivity index (χ1) is 12.7. The highest BCUT2D eigenvalue weighted by atomic mass is 16.4. The lowest BCUT2D eigenvalue weighted by atomic mass is 9.47. The normalized spacial score (nSPS) is 33.8. The molecule has 0 N–H and O–H groups in total. The van der Waals surface area contributed by atoms with Gasteiger partial charge in [-0.15, -0.1) is 0 Å². The fourth-order valence-corrected chi connectivity index (χ4v) is 6.46. The highest BCUT2D eigenvalue weighted by molar-refractivity contribution is 6.52. The molecule has 4 rings (SSSR count). The maximum Gasteiger partial charge on any atom is 0.293 e. The van der Waals surface area contributed by atoms with Gasteiger partial charge in [0.1, 0.15) is 0 Å². The molecule has 4 atom stereocenters. The van der Waals surface area contributed by atoms with Crippen molar-refractivity contribution in [2.75, 3.05) is 14.2 Å². The first-order valence-electron chi connectivity index (χ1n) is 11.2. The summed E-state index contributed by atoms with van der Waals surface area (Å²) in [5.41, 5.74) is 3.52. The zero-order valence-electron chi connectivity index (χ0n) is 16.9. The molecule has 0 spiro atoms. The van der Waals surface area contributed by atoms with E-state index in [0.717, 1.165) is 23.7 Å². The monoisotopic (exact) mass is 354 g/mol. The third-order valence-electron chi connectivity index (χ3n) is 7.55. The highest BCUT2D eigenvalue weighted by Gasteiger charge is 2.35. The summed E-state index contributed by atoms with van der Waals surface area (Å²) in [6, 6.07) is 0. The average molecular weight is 354 g/mol. The molecular weight excluding hydrogens is 318 g/mol. The Morgan fingerprint density at radius 2 is 1.23 bits per heavy atom. The minimum atomic E-state index is 0.520. The van der Waals surface area contributed by atoms with Gasteiger partial charge < -0.3 is 9.31 Å². The van der Waals surface area contributed by atoms with Crippen LogP contribution in [0.5, 0.6) is 0 Å². The third kappa shape index (κ3) is 4.68. The van der Waals surface area contributed by atoms with Gasteiger partial charge in [-0.05, 0) is 100 Å². The van der Waals surface area contributed by atoms with Gasteiger partial charge in [0.25, 0.3) is 13.8 Å². The van der Waals surface area contributed by atoms with Crippen LogP contribution in [0.15, 0.2) is 23.3 Å². The molecule has 0 saturated carbocycles. The molecule has 4 aliphatic rings. The maximum atomic E-state index is 5.63. The van der Waals surface area contributed by atoms with Crippen LogP contribution in [-0.4, -0.2) is 28.1 Å². The quantitative estimate of drug-likeness (QED) is 0.329. The minimum Gasteiger partial charge on any atom is -0.438 e. The molecule has 2 aliphatic heterocycles. The van der Waals surface area contributed by atoms with Crippen LogP contribution in [-0.2, 0) is 9.31 Å². The first-order valence-corrected chi connectivity index (χ1v) is 11.2. The van der Waals surface area contributed by atoms with E-state index in [2.05, 4.69) is 12.2 Å². The average Bonchev–Trinajstić information content (AvgIpc) is 2.63.